The number of hydrogen-bond donors (Lipinski definition) is 0. The van der Waals surface area contributed by atoms with Gasteiger partial charge in [-0.15, -0.1) is 5.10 Å². The minimum absolute atomic E-state index is 0.136. The van der Waals surface area contributed by atoms with Crippen molar-refractivity contribution in [1.29, 1.82) is 0 Å². The van der Waals surface area contributed by atoms with Gasteiger partial charge in [0.15, 0.2) is 0 Å². The van der Waals surface area contributed by atoms with Crippen LogP contribution >= 0.6 is 11.6 Å². The van der Waals surface area contributed by atoms with Crippen LogP contribution in [0.3, 0.4) is 0 Å². The van der Waals surface area contributed by atoms with Crippen LogP contribution in [0.25, 0.3) is 28.5 Å². The Labute approximate surface area is 233 Å². The number of aromatic nitrogens is 5. The molecule has 8 rings (SSSR count). The lowest BCUT2D eigenvalue weighted by Crippen LogP contribution is -2.29. The van der Waals surface area contributed by atoms with Crippen LogP contribution in [0.1, 0.15) is 47.2 Å². The zero-order valence-corrected chi connectivity index (χ0v) is 22.0. The van der Waals surface area contributed by atoms with E-state index in [-0.39, 0.29) is 23.4 Å². The first-order valence-corrected chi connectivity index (χ1v) is 13.6. The SMILES string of the molecule is C=C1C=Cc2cc(C3=C(F)N=C(C4C5CC5c5cc(-c6cc(Cl)ccc6-n6cnnn6)cc(=O)n54)C3)ccc2C1. The molecule has 2 aromatic carbocycles. The number of pyridine rings is 1. The average Bonchev–Trinajstić information content (AvgIpc) is 3.24. The van der Waals surface area contributed by atoms with Crippen molar-refractivity contribution in [3.05, 3.63) is 117 Å². The summed E-state index contributed by atoms with van der Waals surface area (Å²) in [5, 5.41) is 12.0. The maximum atomic E-state index is 15.3. The van der Waals surface area contributed by atoms with Crippen molar-refractivity contribution in [2.45, 2.75) is 31.2 Å². The monoisotopic (exact) mass is 548 g/mol. The predicted octanol–water partition coefficient (Wildman–Crippen LogP) is 6.11. The highest BCUT2D eigenvalue weighted by Crippen LogP contribution is 2.60. The molecule has 0 N–H and O–H groups in total. The molecule has 40 heavy (non-hydrogen) atoms. The molecule has 0 radical (unpaired) electrons. The molecule has 9 heteroatoms. The lowest BCUT2D eigenvalue weighted by atomic mass is 9.90. The molecule has 4 heterocycles. The Morgan fingerprint density at radius 3 is 2.77 bits per heavy atom. The van der Waals surface area contributed by atoms with Crippen molar-refractivity contribution in [2.24, 2.45) is 10.9 Å². The highest BCUT2D eigenvalue weighted by Gasteiger charge is 2.55. The molecule has 0 amide bonds. The number of rotatable bonds is 4. The van der Waals surface area contributed by atoms with Crippen molar-refractivity contribution in [2.75, 3.05) is 0 Å². The van der Waals surface area contributed by atoms with Gasteiger partial charge in [0.1, 0.15) is 6.33 Å². The fourth-order valence-electron chi connectivity index (χ4n) is 6.53. The standard InChI is InChI=1S/C31H22ClFN6O/c1-16-2-3-18-9-19(5-4-17(18)8-16)23-14-26(35-31(23)33)30-25-13-24(25)28-10-20(11-29(40)39(28)30)22-12-21(32)6-7-27(22)38-15-34-36-37-38/h2-7,9-12,15,24-25,30H,1,8,13-14H2. The molecule has 0 spiro atoms. The predicted molar refractivity (Wildman–Crippen MR) is 152 cm³/mol. The molecule has 3 unspecified atom stereocenters. The second-order valence-electron chi connectivity index (χ2n) is 10.9. The number of hydrogen-bond acceptors (Lipinski definition) is 5. The zero-order valence-electron chi connectivity index (χ0n) is 21.3. The minimum Gasteiger partial charge on any atom is -0.303 e. The number of halogens is 2. The van der Waals surface area contributed by atoms with Crippen LogP contribution in [-0.4, -0.2) is 30.5 Å². The minimum atomic E-state index is -0.459. The van der Waals surface area contributed by atoms with Crippen molar-refractivity contribution in [3.8, 4) is 16.8 Å². The Bertz CT molecular complexity index is 1920. The zero-order chi connectivity index (χ0) is 27.1. The lowest BCUT2D eigenvalue weighted by Gasteiger charge is -2.20. The van der Waals surface area contributed by atoms with E-state index < -0.39 is 5.95 Å². The molecule has 196 valence electrons. The summed E-state index contributed by atoms with van der Waals surface area (Å²) in [7, 11) is 0. The van der Waals surface area contributed by atoms with E-state index in [2.05, 4.69) is 33.2 Å². The van der Waals surface area contributed by atoms with Crippen LogP contribution in [0, 0.1) is 5.92 Å². The lowest BCUT2D eigenvalue weighted by molar-refractivity contribution is 0.579. The summed E-state index contributed by atoms with van der Waals surface area (Å²) in [6, 6.07) is 14.9. The van der Waals surface area contributed by atoms with E-state index >= 15 is 4.39 Å². The highest BCUT2D eigenvalue weighted by molar-refractivity contribution is 6.31. The van der Waals surface area contributed by atoms with Crippen LogP contribution in [0.2, 0.25) is 5.02 Å². The molecular formula is C31H22ClFN6O. The van der Waals surface area contributed by atoms with E-state index in [1.165, 1.54) is 11.9 Å². The molecule has 2 aliphatic carbocycles. The number of tetrazole rings is 1. The first-order valence-electron chi connectivity index (χ1n) is 13.2. The summed E-state index contributed by atoms with van der Waals surface area (Å²) in [5.74, 6) is 0.0225. The van der Waals surface area contributed by atoms with Gasteiger partial charge < -0.3 is 4.57 Å². The van der Waals surface area contributed by atoms with E-state index in [4.69, 9.17) is 11.6 Å². The summed E-state index contributed by atoms with van der Waals surface area (Å²) < 4.78 is 18.7. The van der Waals surface area contributed by atoms with E-state index in [0.29, 0.717) is 22.7 Å². The Morgan fingerprint density at radius 2 is 1.93 bits per heavy atom. The molecule has 1 saturated carbocycles. The van der Waals surface area contributed by atoms with Crippen molar-refractivity contribution in [3.63, 3.8) is 0 Å². The van der Waals surface area contributed by atoms with Crippen LogP contribution in [0.4, 0.5) is 4.39 Å². The van der Waals surface area contributed by atoms with E-state index in [1.54, 1.807) is 16.8 Å². The third-order valence-corrected chi connectivity index (χ3v) is 8.70. The quantitative estimate of drug-likeness (QED) is 0.288. The first-order chi connectivity index (χ1) is 19.4. The summed E-state index contributed by atoms with van der Waals surface area (Å²) >= 11 is 6.35. The Kier molecular flexibility index (Phi) is 5.00. The Balaban J connectivity index is 1.14. The summed E-state index contributed by atoms with van der Waals surface area (Å²) in [4.78, 5) is 18.1. The largest absolute Gasteiger partial charge is 0.303 e. The van der Waals surface area contributed by atoms with Gasteiger partial charge >= 0.3 is 0 Å². The molecular weight excluding hydrogens is 527 g/mol. The second-order valence-corrected chi connectivity index (χ2v) is 11.3. The first kappa shape index (κ1) is 23.5. The Hall–Kier alpha value is -4.43. The van der Waals surface area contributed by atoms with Crippen LogP contribution in [0.15, 0.2) is 88.8 Å². The number of allylic oxidation sites excluding steroid dienone is 3. The highest BCUT2D eigenvalue weighted by atomic mass is 35.5. The van der Waals surface area contributed by atoms with Crippen molar-refractivity contribution in [1.82, 2.24) is 24.8 Å². The van der Waals surface area contributed by atoms with Crippen molar-refractivity contribution >= 4 is 29.0 Å². The van der Waals surface area contributed by atoms with E-state index in [1.807, 2.05) is 47.1 Å². The molecule has 0 saturated heterocycles. The molecule has 1 fully saturated rings. The molecule has 2 aliphatic heterocycles. The molecule has 4 aliphatic rings. The van der Waals surface area contributed by atoms with Gasteiger partial charge in [0.2, 0.25) is 5.95 Å². The molecule has 0 bridgehead atoms. The van der Waals surface area contributed by atoms with Gasteiger partial charge in [0.25, 0.3) is 5.56 Å². The van der Waals surface area contributed by atoms with Gasteiger partial charge in [0.05, 0.1) is 11.7 Å². The molecule has 2 aromatic heterocycles. The maximum absolute atomic E-state index is 15.3. The van der Waals surface area contributed by atoms with Crippen LogP contribution in [-0.2, 0) is 6.42 Å². The smallest absolute Gasteiger partial charge is 0.251 e. The fourth-order valence-corrected chi connectivity index (χ4v) is 6.70. The summed E-state index contributed by atoms with van der Waals surface area (Å²) in [5.41, 5.74) is 8.51. The fraction of sp³-hybridized carbons (Fsp3) is 0.194. The van der Waals surface area contributed by atoms with Gasteiger partial charge in [-0.1, -0.05) is 48.0 Å². The van der Waals surface area contributed by atoms with Gasteiger partial charge in [-0.3, -0.25) is 4.79 Å². The number of aliphatic imine (C=N–C) groups is 1. The summed E-state index contributed by atoms with van der Waals surface area (Å²) in [6.07, 6.45) is 7.68. The number of benzene rings is 2. The maximum Gasteiger partial charge on any atom is 0.251 e. The van der Waals surface area contributed by atoms with Gasteiger partial charge in [-0.05, 0) is 81.8 Å². The third-order valence-electron chi connectivity index (χ3n) is 8.47. The number of fused-ring (bicyclic) bond motifs is 4. The Morgan fingerprint density at radius 1 is 1.02 bits per heavy atom. The molecule has 7 nitrogen and oxygen atoms in total. The van der Waals surface area contributed by atoms with Gasteiger partial charge in [-0.2, -0.15) is 9.07 Å². The van der Waals surface area contributed by atoms with Crippen LogP contribution < -0.4 is 5.56 Å². The van der Waals surface area contributed by atoms with Crippen molar-refractivity contribution < 1.29 is 4.39 Å². The number of nitrogens with zero attached hydrogens (tertiary/aromatic N) is 6. The topological polar surface area (TPSA) is 78.0 Å². The normalized spacial score (nSPS) is 22.3. The van der Waals surface area contributed by atoms with Crippen LogP contribution in [0.5, 0.6) is 0 Å². The van der Waals surface area contributed by atoms with E-state index in [9.17, 15) is 4.79 Å². The second kappa shape index (κ2) is 8.53. The van der Waals surface area contributed by atoms with E-state index in [0.717, 1.165) is 52.0 Å². The third kappa shape index (κ3) is 3.59. The van der Waals surface area contributed by atoms with Gasteiger partial charge in [-0.25, -0.2) is 4.99 Å². The van der Waals surface area contributed by atoms with Gasteiger partial charge in [0, 0.05) is 46.0 Å². The average molecular weight is 549 g/mol. The summed E-state index contributed by atoms with van der Waals surface area (Å²) in [6.45, 7) is 4.04. The molecule has 4 aromatic rings. The molecule has 3 atom stereocenters.